The van der Waals surface area contributed by atoms with Gasteiger partial charge < -0.3 is 20.1 Å². The number of carbonyl (C=O) groups excluding carboxylic acids is 1. The number of benzene rings is 1. The standard InChI is InChI=1S/C13H17BrN2O3/c1-18-11-6-12(19-2)10(5-9(11)14)15-7-13(17)16-8-3-4-8/h5-6,8,15H,3-4,7H2,1-2H3,(H,16,17). The zero-order valence-electron chi connectivity index (χ0n) is 11.0. The van der Waals surface area contributed by atoms with Crippen molar-refractivity contribution in [3.63, 3.8) is 0 Å². The lowest BCUT2D eigenvalue weighted by Crippen LogP contribution is -2.31. The Labute approximate surface area is 120 Å². The summed E-state index contributed by atoms with van der Waals surface area (Å²) in [6, 6.07) is 3.98. The van der Waals surface area contributed by atoms with E-state index in [4.69, 9.17) is 9.47 Å². The number of hydrogen-bond donors (Lipinski definition) is 2. The third-order valence-corrected chi connectivity index (χ3v) is 3.48. The first-order valence-electron chi connectivity index (χ1n) is 6.08. The van der Waals surface area contributed by atoms with Crippen molar-refractivity contribution >= 4 is 27.5 Å². The lowest BCUT2D eigenvalue weighted by Gasteiger charge is -2.13. The fourth-order valence-electron chi connectivity index (χ4n) is 1.68. The van der Waals surface area contributed by atoms with Crippen LogP contribution in [0.15, 0.2) is 16.6 Å². The minimum absolute atomic E-state index is 0.00325. The monoisotopic (exact) mass is 328 g/mol. The molecule has 2 rings (SSSR count). The van der Waals surface area contributed by atoms with Crippen LogP contribution in [0.25, 0.3) is 0 Å². The van der Waals surface area contributed by atoms with Crippen molar-refractivity contribution in [2.45, 2.75) is 18.9 Å². The molecule has 1 aromatic rings. The van der Waals surface area contributed by atoms with Crippen molar-refractivity contribution in [1.82, 2.24) is 5.32 Å². The van der Waals surface area contributed by atoms with E-state index in [1.165, 1.54) is 0 Å². The maximum Gasteiger partial charge on any atom is 0.239 e. The SMILES string of the molecule is COc1cc(OC)c(NCC(=O)NC2CC2)cc1Br. The van der Waals surface area contributed by atoms with Crippen molar-refractivity contribution in [3.05, 3.63) is 16.6 Å². The molecule has 6 heteroatoms. The summed E-state index contributed by atoms with van der Waals surface area (Å²) in [5.41, 5.74) is 0.751. The molecule has 1 aromatic carbocycles. The minimum Gasteiger partial charge on any atom is -0.495 e. The van der Waals surface area contributed by atoms with Crippen LogP contribution >= 0.6 is 15.9 Å². The number of ether oxygens (including phenoxy) is 2. The van der Waals surface area contributed by atoms with Gasteiger partial charge in [0.05, 0.1) is 30.9 Å². The van der Waals surface area contributed by atoms with E-state index < -0.39 is 0 Å². The van der Waals surface area contributed by atoms with Gasteiger partial charge in [-0.1, -0.05) is 0 Å². The van der Waals surface area contributed by atoms with Crippen molar-refractivity contribution in [1.29, 1.82) is 0 Å². The molecule has 1 saturated carbocycles. The maximum atomic E-state index is 11.6. The first kappa shape index (κ1) is 14.0. The quantitative estimate of drug-likeness (QED) is 0.840. The molecule has 1 aliphatic rings. The topological polar surface area (TPSA) is 59.6 Å². The summed E-state index contributed by atoms with van der Waals surface area (Å²) in [6.07, 6.45) is 2.17. The van der Waals surface area contributed by atoms with E-state index in [0.717, 1.165) is 23.0 Å². The van der Waals surface area contributed by atoms with Crippen LogP contribution in [0.3, 0.4) is 0 Å². The maximum absolute atomic E-state index is 11.6. The number of anilines is 1. The van der Waals surface area contributed by atoms with E-state index in [2.05, 4.69) is 26.6 Å². The highest BCUT2D eigenvalue weighted by Crippen LogP contribution is 2.35. The molecule has 0 atom stereocenters. The Kier molecular flexibility index (Phi) is 4.52. The Hall–Kier alpha value is -1.43. The summed E-state index contributed by atoms with van der Waals surface area (Å²) in [5, 5.41) is 5.99. The summed E-state index contributed by atoms with van der Waals surface area (Å²) in [6.45, 7) is 0.228. The average Bonchev–Trinajstić information content (AvgIpc) is 3.20. The third kappa shape index (κ3) is 3.76. The molecule has 0 aliphatic heterocycles. The van der Waals surface area contributed by atoms with E-state index in [9.17, 15) is 4.79 Å². The van der Waals surface area contributed by atoms with Crippen molar-refractivity contribution in [2.24, 2.45) is 0 Å². The van der Waals surface area contributed by atoms with Crippen molar-refractivity contribution in [2.75, 3.05) is 26.1 Å². The molecule has 1 amide bonds. The zero-order valence-corrected chi connectivity index (χ0v) is 12.5. The Morgan fingerprint density at radius 2 is 2.00 bits per heavy atom. The van der Waals surface area contributed by atoms with E-state index >= 15 is 0 Å². The van der Waals surface area contributed by atoms with Gasteiger partial charge in [0.2, 0.25) is 5.91 Å². The van der Waals surface area contributed by atoms with Crippen LogP contribution < -0.4 is 20.1 Å². The second-order valence-electron chi connectivity index (χ2n) is 4.38. The van der Waals surface area contributed by atoms with Gasteiger partial charge in [0.15, 0.2) is 0 Å². The highest BCUT2D eigenvalue weighted by Gasteiger charge is 2.23. The predicted molar refractivity (Wildman–Crippen MR) is 76.9 cm³/mol. The molecule has 0 saturated heterocycles. The molecule has 1 fully saturated rings. The minimum atomic E-state index is -0.00325. The predicted octanol–water partition coefficient (Wildman–Crippen LogP) is 2.16. The van der Waals surface area contributed by atoms with Gasteiger partial charge in [-0.05, 0) is 34.8 Å². The molecule has 0 bridgehead atoms. The lowest BCUT2D eigenvalue weighted by atomic mass is 10.2. The van der Waals surface area contributed by atoms with Crippen LogP contribution in [0.2, 0.25) is 0 Å². The zero-order chi connectivity index (χ0) is 13.8. The number of halogens is 1. The van der Waals surface area contributed by atoms with Crippen LogP contribution in [-0.2, 0) is 4.79 Å². The number of rotatable bonds is 6. The molecule has 1 aliphatic carbocycles. The Morgan fingerprint density at radius 3 is 2.58 bits per heavy atom. The molecule has 0 aromatic heterocycles. The molecule has 5 nitrogen and oxygen atoms in total. The molecular formula is C13H17BrN2O3. The number of nitrogens with one attached hydrogen (secondary N) is 2. The largest absolute Gasteiger partial charge is 0.495 e. The van der Waals surface area contributed by atoms with E-state index in [1.807, 2.05) is 6.07 Å². The molecule has 2 N–H and O–H groups in total. The van der Waals surface area contributed by atoms with E-state index in [1.54, 1.807) is 20.3 Å². The molecule has 0 spiro atoms. The van der Waals surface area contributed by atoms with Crippen LogP contribution in [0.4, 0.5) is 5.69 Å². The van der Waals surface area contributed by atoms with Gasteiger partial charge in [0.25, 0.3) is 0 Å². The normalized spacial score (nSPS) is 13.8. The molecule has 0 unspecified atom stereocenters. The number of amides is 1. The van der Waals surface area contributed by atoms with Crippen LogP contribution in [0.1, 0.15) is 12.8 Å². The van der Waals surface area contributed by atoms with Crippen LogP contribution in [-0.4, -0.2) is 32.7 Å². The summed E-state index contributed by atoms with van der Waals surface area (Å²) >= 11 is 3.41. The van der Waals surface area contributed by atoms with Gasteiger partial charge in [0.1, 0.15) is 11.5 Å². The molecule has 0 heterocycles. The van der Waals surface area contributed by atoms with Crippen LogP contribution in [0.5, 0.6) is 11.5 Å². The lowest BCUT2D eigenvalue weighted by molar-refractivity contribution is -0.119. The third-order valence-electron chi connectivity index (χ3n) is 2.86. The second kappa shape index (κ2) is 6.14. The van der Waals surface area contributed by atoms with Gasteiger partial charge in [0, 0.05) is 12.1 Å². The first-order valence-corrected chi connectivity index (χ1v) is 6.88. The van der Waals surface area contributed by atoms with Gasteiger partial charge in [-0.3, -0.25) is 4.79 Å². The Balaban J connectivity index is 2.01. The van der Waals surface area contributed by atoms with Crippen molar-refractivity contribution < 1.29 is 14.3 Å². The Bertz CT molecular complexity index is 475. The number of hydrogen-bond acceptors (Lipinski definition) is 4. The Morgan fingerprint density at radius 1 is 1.32 bits per heavy atom. The number of carbonyl (C=O) groups is 1. The summed E-state index contributed by atoms with van der Waals surface area (Å²) in [4.78, 5) is 11.6. The molecule has 19 heavy (non-hydrogen) atoms. The average molecular weight is 329 g/mol. The van der Waals surface area contributed by atoms with E-state index in [0.29, 0.717) is 17.5 Å². The van der Waals surface area contributed by atoms with E-state index in [-0.39, 0.29) is 12.5 Å². The van der Waals surface area contributed by atoms with Crippen LogP contribution in [0, 0.1) is 0 Å². The van der Waals surface area contributed by atoms with Gasteiger partial charge in [-0.2, -0.15) is 0 Å². The summed E-state index contributed by atoms with van der Waals surface area (Å²) in [7, 11) is 3.17. The fourth-order valence-corrected chi connectivity index (χ4v) is 2.19. The molecular weight excluding hydrogens is 312 g/mol. The highest BCUT2D eigenvalue weighted by atomic mass is 79.9. The molecule has 104 valence electrons. The number of methoxy groups -OCH3 is 2. The fraction of sp³-hybridized carbons (Fsp3) is 0.462. The highest BCUT2D eigenvalue weighted by molar-refractivity contribution is 9.10. The second-order valence-corrected chi connectivity index (χ2v) is 5.24. The van der Waals surface area contributed by atoms with Gasteiger partial charge >= 0.3 is 0 Å². The smallest absolute Gasteiger partial charge is 0.239 e. The van der Waals surface area contributed by atoms with Gasteiger partial charge in [-0.25, -0.2) is 0 Å². The molecule has 0 radical (unpaired) electrons. The summed E-state index contributed by atoms with van der Waals surface area (Å²) in [5.74, 6) is 1.32. The summed E-state index contributed by atoms with van der Waals surface area (Å²) < 4.78 is 11.3. The van der Waals surface area contributed by atoms with Crippen molar-refractivity contribution in [3.8, 4) is 11.5 Å². The first-order chi connectivity index (χ1) is 9.13. The van der Waals surface area contributed by atoms with Gasteiger partial charge in [-0.15, -0.1) is 0 Å².